The fourth-order valence-electron chi connectivity index (χ4n) is 2.68. The molecule has 5 heteroatoms. The van der Waals surface area contributed by atoms with Crippen LogP contribution < -0.4 is 15.0 Å². The Morgan fingerprint density at radius 1 is 1.37 bits per heavy atom. The molecule has 0 aromatic heterocycles. The third-order valence-electron chi connectivity index (χ3n) is 3.68. The van der Waals surface area contributed by atoms with Crippen LogP contribution in [0.1, 0.15) is 19.8 Å². The molecule has 1 saturated heterocycles. The summed E-state index contributed by atoms with van der Waals surface area (Å²) in [5, 5.41) is 3.28. The van der Waals surface area contributed by atoms with Crippen LogP contribution in [0.3, 0.4) is 0 Å². The predicted molar refractivity (Wildman–Crippen MR) is 72.0 cm³/mol. The minimum absolute atomic E-state index is 0.257. The largest absolute Gasteiger partial charge is 0.433 e. The van der Waals surface area contributed by atoms with Crippen molar-refractivity contribution in [3.63, 3.8) is 0 Å². The molecule has 19 heavy (non-hydrogen) atoms. The lowest BCUT2D eigenvalue weighted by Crippen LogP contribution is -2.46. The Hall–Kier alpha value is -1.36. The number of alkyl halides is 2. The number of nitrogens with zero attached hydrogens (tertiary/aromatic N) is 1. The zero-order valence-corrected chi connectivity index (χ0v) is 11.3. The van der Waals surface area contributed by atoms with Crippen LogP contribution in [0, 0.1) is 0 Å². The number of nitrogens with one attached hydrogen (secondary N) is 1. The highest BCUT2D eigenvalue weighted by Crippen LogP contribution is 2.33. The van der Waals surface area contributed by atoms with E-state index >= 15 is 0 Å². The number of anilines is 1. The van der Waals surface area contributed by atoms with Gasteiger partial charge in [0.1, 0.15) is 5.75 Å². The van der Waals surface area contributed by atoms with Crippen LogP contribution in [0.25, 0.3) is 0 Å². The molecule has 1 fully saturated rings. The zero-order chi connectivity index (χ0) is 13.8. The Balaban J connectivity index is 2.17. The van der Waals surface area contributed by atoms with Gasteiger partial charge in [0.2, 0.25) is 0 Å². The molecule has 1 aliphatic heterocycles. The average molecular weight is 270 g/mol. The summed E-state index contributed by atoms with van der Waals surface area (Å²) < 4.78 is 29.5. The molecule has 106 valence electrons. The second-order valence-electron chi connectivity index (χ2n) is 4.90. The van der Waals surface area contributed by atoms with E-state index in [0.717, 1.165) is 25.1 Å². The summed E-state index contributed by atoms with van der Waals surface area (Å²) >= 11 is 0. The first-order valence-corrected chi connectivity index (χ1v) is 6.59. The van der Waals surface area contributed by atoms with Gasteiger partial charge in [0.05, 0.1) is 5.69 Å². The number of halogens is 2. The first-order valence-electron chi connectivity index (χ1n) is 6.59. The van der Waals surface area contributed by atoms with E-state index < -0.39 is 6.61 Å². The smallest absolute Gasteiger partial charge is 0.387 e. The predicted octanol–water partition coefficient (Wildman–Crippen LogP) is 2.86. The quantitative estimate of drug-likeness (QED) is 0.910. The number of hydrogen-bond acceptors (Lipinski definition) is 3. The lowest BCUT2D eigenvalue weighted by Gasteiger charge is -2.39. The van der Waals surface area contributed by atoms with Crippen LogP contribution in [0.2, 0.25) is 0 Å². The Kier molecular flexibility index (Phi) is 4.58. The Morgan fingerprint density at radius 3 is 2.74 bits per heavy atom. The van der Waals surface area contributed by atoms with Crippen molar-refractivity contribution in [1.82, 2.24) is 5.32 Å². The molecule has 1 heterocycles. The van der Waals surface area contributed by atoms with Crippen molar-refractivity contribution in [2.75, 3.05) is 18.5 Å². The van der Waals surface area contributed by atoms with E-state index in [9.17, 15) is 8.78 Å². The second kappa shape index (κ2) is 6.19. The van der Waals surface area contributed by atoms with Crippen molar-refractivity contribution in [3.8, 4) is 5.75 Å². The summed E-state index contributed by atoms with van der Waals surface area (Å²) in [6.07, 6.45) is 2.00. The van der Waals surface area contributed by atoms with Crippen molar-refractivity contribution < 1.29 is 13.5 Å². The van der Waals surface area contributed by atoms with E-state index in [-0.39, 0.29) is 5.75 Å². The first kappa shape index (κ1) is 14.1. The maximum atomic E-state index is 12.4. The summed E-state index contributed by atoms with van der Waals surface area (Å²) in [5.41, 5.74) is 0.754. The van der Waals surface area contributed by atoms with Crippen molar-refractivity contribution in [2.45, 2.75) is 38.5 Å². The molecule has 0 aliphatic carbocycles. The standard InChI is InChI=1S/C14H20F2N2O/c1-10-9-11(17-2)7-8-18(10)12-5-3-4-6-13(12)19-14(15)16/h3-6,10-11,14,17H,7-9H2,1-2H3. The molecule has 0 bridgehead atoms. The molecule has 0 radical (unpaired) electrons. The molecule has 1 aliphatic rings. The first-order chi connectivity index (χ1) is 9.11. The normalized spacial score (nSPS) is 23.7. The molecule has 0 amide bonds. The number of hydrogen-bond donors (Lipinski definition) is 1. The third kappa shape index (κ3) is 3.35. The van der Waals surface area contributed by atoms with Gasteiger partial charge < -0.3 is 15.0 Å². The highest BCUT2D eigenvalue weighted by Gasteiger charge is 2.26. The van der Waals surface area contributed by atoms with Gasteiger partial charge in [-0.1, -0.05) is 12.1 Å². The van der Waals surface area contributed by atoms with Gasteiger partial charge in [-0.2, -0.15) is 8.78 Å². The van der Waals surface area contributed by atoms with Crippen LogP contribution >= 0.6 is 0 Å². The molecular formula is C14H20F2N2O. The van der Waals surface area contributed by atoms with Gasteiger partial charge in [-0.3, -0.25) is 0 Å². The van der Waals surface area contributed by atoms with Gasteiger partial charge in [-0.15, -0.1) is 0 Å². The lowest BCUT2D eigenvalue weighted by atomic mass is 9.97. The summed E-state index contributed by atoms with van der Waals surface area (Å²) in [7, 11) is 1.96. The van der Waals surface area contributed by atoms with E-state index in [1.54, 1.807) is 12.1 Å². The van der Waals surface area contributed by atoms with Crippen LogP contribution in [-0.2, 0) is 0 Å². The van der Waals surface area contributed by atoms with Gasteiger partial charge in [0.15, 0.2) is 0 Å². The van der Waals surface area contributed by atoms with Gasteiger partial charge >= 0.3 is 6.61 Å². The molecule has 2 rings (SSSR count). The van der Waals surface area contributed by atoms with Crippen LogP contribution in [0.15, 0.2) is 24.3 Å². The zero-order valence-electron chi connectivity index (χ0n) is 11.3. The Bertz CT molecular complexity index is 414. The fourth-order valence-corrected chi connectivity index (χ4v) is 2.68. The summed E-state index contributed by atoms with van der Waals surface area (Å²) in [6, 6.07) is 7.80. The molecule has 2 atom stereocenters. The minimum Gasteiger partial charge on any atom is -0.433 e. The summed E-state index contributed by atoms with van der Waals surface area (Å²) in [6.45, 7) is 0.171. The van der Waals surface area contributed by atoms with Crippen LogP contribution in [0.5, 0.6) is 5.75 Å². The van der Waals surface area contributed by atoms with Crippen molar-refractivity contribution in [1.29, 1.82) is 0 Å². The fraction of sp³-hybridized carbons (Fsp3) is 0.571. The van der Waals surface area contributed by atoms with Gasteiger partial charge in [0, 0.05) is 18.6 Å². The number of rotatable bonds is 4. The SMILES string of the molecule is CNC1CCN(c2ccccc2OC(F)F)C(C)C1. The van der Waals surface area contributed by atoms with Crippen molar-refractivity contribution >= 4 is 5.69 Å². The monoisotopic (exact) mass is 270 g/mol. The third-order valence-corrected chi connectivity index (χ3v) is 3.68. The number of para-hydroxylation sites is 2. The number of piperidine rings is 1. The molecule has 0 spiro atoms. The molecule has 1 N–H and O–H groups in total. The second-order valence-corrected chi connectivity index (χ2v) is 4.90. The van der Waals surface area contributed by atoms with Gasteiger partial charge in [-0.05, 0) is 38.9 Å². The summed E-state index contributed by atoms with van der Waals surface area (Å²) in [5.74, 6) is 0.257. The Labute approximate surface area is 112 Å². The van der Waals surface area contributed by atoms with Crippen LogP contribution in [-0.4, -0.2) is 32.3 Å². The van der Waals surface area contributed by atoms with Crippen molar-refractivity contribution in [2.24, 2.45) is 0 Å². The van der Waals surface area contributed by atoms with Crippen molar-refractivity contribution in [3.05, 3.63) is 24.3 Å². The van der Waals surface area contributed by atoms with E-state index in [1.807, 2.05) is 19.2 Å². The molecule has 3 nitrogen and oxygen atoms in total. The van der Waals surface area contributed by atoms with Crippen LogP contribution in [0.4, 0.5) is 14.5 Å². The molecule has 1 aromatic carbocycles. The molecule has 2 unspecified atom stereocenters. The highest BCUT2D eigenvalue weighted by molar-refractivity contribution is 5.59. The van der Waals surface area contributed by atoms with E-state index in [4.69, 9.17) is 0 Å². The van der Waals surface area contributed by atoms with E-state index in [2.05, 4.69) is 21.9 Å². The maximum Gasteiger partial charge on any atom is 0.387 e. The molecule has 1 aromatic rings. The Morgan fingerprint density at radius 2 is 2.11 bits per heavy atom. The molecular weight excluding hydrogens is 250 g/mol. The molecule has 0 saturated carbocycles. The number of benzene rings is 1. The van der Waals surface area contributed by atoms with E-state index in [0.29, 0.717) is 12.1 Å². The minimum atomic E-state index is -2.79. The van der Waals surface area contributed by atoms with Gasteiger partial charge in [-0.25, -0.2) is 0 Å². The van der Waals surface area contributed by atoms with E-state index in [1.165, 1.54) is 0 Å². The van der Waals surface area contributed by atoms with Gasteiger partial charge in [0.25, 0.3) is 0 Å². The highest BCUT2D eigenvalue weighted by atomic mass is 19.3. The topological polar surface area (TPSA) is 24.5 Å². The lowest BCUT2D eigenvalue weighted by molar-refractivity contribution is -0.0495. The maximum absolute atomic E-state index is 12.4. The number of ether oxygens (including phenoxy) is 1. The summed E-state index contributed by atoms with van der Waals surface area (Å²) in [4.78, 5) is 2.14. The average Bonchev–Trinajstić information content (AvgIpc) is 2.39.